The van der Waals surface area contributed by atoms with Crippen LogP contribution in [0.5, 0.6) is 0 Å². The van der Waals surface area contributed by atoms with E-state index in [9.17, 15) is 28.8 Å². The minimum atomic E-state index is -0.920. The highest BCUT2D eigenvalue weighted by molar-refractivity contribution is 5.93. The van der Waals surface area contributed by atoms with Gasteiger partial charge >= 0.3 is 0 Å². The van der Waals surface area contributed by atoms with Gasteiger partial charge in [-0.3, -0.25) is 28.8 Å². The Bertz CT molecular complexity index is 698. The summed E-state index contributed by atoms with van der Waals surface area (Å²) in [6, 6.07) is -1.83. The van der Waals surface area contributed by atoms with Crippen molar-refractivity contribution in [3.05, 3.63) is 0 Å². The quantitative estimate of drug-likeness (QED) is 0.116. The Labute approximate surface area is 193 Å². The second-order valence-corrected chi connectivity index (χ2v) is 7.97. The summed E-state index contributed by atoms with van der Waals surface area (Å²) in [4.78, 5) is 70.9. The number of unbranched alkanes of at least 4 members (excludes halogenated alkanes) is 1. The van der Waals surface area contributed by atoms with Crippen LogP contribution < -0.4 is 38.1 Å². The SMILES string of the molecule is CC(=O)NCC(=O)N[C@@H](CCCCN)C(=O)NCC(=O)N[C@@H](CC(C)C)C(=O)NCC(N)=O. The normalized spacial score (nSPS) is 12.3. The third-order valence-electron chi connectivity index (χ3n) is 4.32. The number of nitrogens with one attached hydrogen (secondary N) is 5. The predicted octanol–water partition coefficient (Wildman–Crippen LogP) is -3.02. The lowest BCUT2D eigenvalue weighted by Crippen LogP contribution is -2.53. The molecule has 0 bridgehead atoms. The van der Waals surface area contributed by atoms with E-state index in [2.05, 4.69) is 26.6 Å². The largest absolute Gasteiger partial charge is 0.368 e. The fourth-order valence-corrected chi connectivity index (χ4v) is 2.75. The first-order valence-corrected chi connectivity index (χ1v) is 10.8. The van der Waals surface area contributed by atoms with Crippen LogP contribution in [-0.2, 0) is 28.8 Å². The van der Waals surface area contributed by atoms with Crippen LogP contribution in [0.2, 0.25) is 0 Å². The smallest absolute Gasteiger partial charge is 0.243 e. The van der Waals surface area contributed by atoms with Crippen LogP contribution in [0.3, 0.4) is 0 Å². The molecule has 0 radical (unpaired) electrons. The molecular formula is C20H37N7O6. The van der Waals surface area contributed by atoms with Crippen LogP contribution in [0.25, 0.3) is 0 Å². The molecule has 0 aliphatic carbocycles. The number of carbonyl (C=O) groups excluding carboxylic acids is 6. The summed E-state index contributed by atoms with van der Waals surface area (Å²) >= 11 is 0. The molecule has 0 aromatic rings. The highest BCUT2D eigenvalue weighted by Crippen LogP contribution is 2.05. The van der Waals surface area contributed by atoms with E-state index < -0.39 is 48.2 Å². The van der Waals surface area contributed by atoms with Crippen molar-refractivity contribution in [2.24, 2.45) is 17.4 Å². The summed E-state index contributed by atoms with van der Waals surface area (Å²) in [5.74, 6) is -3.36. The summed E-state index contributed by atoms with van der Waals surface area (Å²) < 4.78 is 0. The lowest BCUT2D eigenvalue weighted by molar-refractivity contribution is -0.132. The zero-order valence-electron chi connectivity index (χ0n) is 19.5. The third-order valence-corrected chi connectivity index (χ3v) is 4.32. The molecule has 0 aliphatic rings. The van der Waals surface area contributed by atoms with Gasteiger partial charge in [-0.2, -0.15) is 0 Å². The summed E-state index contributed by atoms with van der Waals surface area (Å²) in [5.41, 5.74) is 10.5. The van der Waals surface area contributed by atoms with Crippen molar-refractivity contribution in [1.82, 2.24) is 26.6 Å². The average Bonchev–Trinajstić information content (AvgIpc) is 2.72. The molecule has 0 aliphatic heterocycles. The molecule has 6 amide bonds. The summed E-state index contributed by atoms with van der Waals surface area (Å²) in [6.45, 7) is 4.33. The molecule has 9 N–H and O–H groups in total. The summed E-state index contributed by atoms with van der Waals surface area (Å²) in [6.07, 6.45) is 1.81. The number of nitrogens with two attached hydrogens (primary N) is 2. The van der Waals surface area contributed by atoms with Gasteiger partial charge in [0.1, 0.15) is 12.1 Å². The molecule has 0 aromatic heterocycles. The molecule has 0 rings (SSSR count). The van der Waals surface area contributed by atoms with Crippen molar-refractivity contribution < 1.29 is 28.8 Å². The molecule has 0 saturated heterocycles. The number of primary amides is 1. The minimum Gasteiger partial charge on any atom is -0.368 e. The van der Waals surface area contributed by atoms with E-state index in [1.165, 1.54) is 6.92 Å². The second kappa shape index (κ2) is 16.4. The van der Waals surface area contributed by atoms with E-state index in [1.54, 1.807) is 0 Å². The van der Waals surface area contributed by atoms with Crippen molar-refractivity contribution in [3.63, 3.8) is 0 Å². The molecule has 0 unspecified atom stereocenters. The number of amides is 6. The third kappa shape index (κ3) is 15.3. The molecule has 33 heavy (non-hydrogen) atoms. The van der Waals surface area contributed by atoms with Crippen molar-refractivity contribution in [3.8, 4) is 0 Å². The Balaban J connectivity index is 4.90. The van der Waals surface area contributed by atoms with Crippen LogP contribution in [0.1, 0.15) is 46.5 Å². The van der Waals surface area contributed by atoms with Gasteiger partial charge in [-0.1, -0.05) is 13.8 Å². The Morgan fingerprint density at radius 2 is 1.27 bits per heavy atom. The van der Waals surface area contributed by atoms with Gasteiger partial charge in [0.25, 0.3) is 0 Å². The first-order chi connectivity index (χ1) is 15.5. The van der Waals surface area contributed by atoms with E-state index in [-0.39, 0.29) is 24.9 Å². The Morgan fingerprint density at radius 3 is 1.79 bits per heavy atom. The lowest BCUT2D eigenvalue weighted by atomic mass is 10.0. The zero-order chi connectivity index (χ0) is 25.4. The molecule has 2 atom stereocenters. The van der Waals surface area contributed by atoms with Crippen molar-refractivity contribution in [1.29, 1.82) is 0 Å². The monoisotopic (exact) mass is 471 g/mol. The fraction of sp³-hybridized carbons (Fsp3) is 0.700. The highest BCUT2D eigenvalue weighted by Gasteiger charge is 2.24. The molecule has 188 valence electrons. The predicted molar refractivity (Wildman–Crippen MR) is 120 cm³/mol. The van der Waals surface area contributed by atoms with E-state index in [0.29, 0.717) is 32.2 Å². The van der Waals surface area contributed by atoms with E-state index in [1.807, 2.05) is 13.8 Å². The summed E-state index contributed by atoms with van der Waals surface area (Å²) in [7, 11) is 0. The first-order valence-electron chi connectivity index (χ1n) is 10.8. The number of hydrogen-bond donors (Lipinski definition) is 7. The number of hydrogen-bond acceptors (Lipinski definition) is 7. The van der Waals surface area contributed by atoms with Gasteiger partial charge in [-0.25, -0.2) is 0 Å². The van der Waals surface area contributed by atoms with Gasteiger partial charge in [0.2, 0.25) is 35.4 Å². The Kier molecular flexibility index (Phi) is 14.8. The van der Waals surface area contributed by atoms with Crippen molar-refractivity contribution in [2.45, 2.75) is 58.5 Å². The van der Waals surface area contributed by atoms with Crippen molar-refractivity contribution in [2.75, 3.05) is 26.2 Å². The highest BCUT2D eigenvalue weighted by atomic mass is 16.2. The molecule has 13 heteroatoms. The number of rotatable bonds is 16. The van der Waals surface area contributed by atoms with Gasteiger partial charge < -0.3 is 38.1 Å². The van der Waals surface area contributed by atoms with Gasteiger partial charge in [-0.15, -0.1) is 0 Å². The first kappa shape index (κ1) is 29.8. The second-order valence-electron chi connectivity index (χ2n) is 7.97. The maximum Gasteiger partial charge on any atom is 0.243 e. The van der Waals surface area contributed by atoms with Crippen molar-refractivity contribution >= 4 is 35.4 Å². The average molecular weight is 472 g/mol. The van der Waals surface area contributed by atoms with E-state index in [4.69, 9.17) is 11.5 Å². The van der Waals surface area contributed by atoms with Crippen LogP contribution >= 0.6 is 0 Å². The molecular weight excluding hydrogens is 434 g/mol. The standard InChI is InChI=1S/C20H37N7O6/c1-12(2)8-15(20(33)24-9-16(22)29)27-18(31)11-25-19(32)14(6-4-5-7-21)26-17(30)10-23-13(3)28/h12,14-15H,4-11,21H2,1-3H3,(H2,22,29)(H,23,28)(H,24,33)(H,25,32)(H,26,30)(H,27,31)/t14-,15-/m0/s1. The molecule has 0 fully saturated rings. The molecule has 13 nitrogen and oxygen atoms in total. The maximum atomic E-state index is 12.5. The fourth-order valence-electron chi connectivity index (χ4n) is 2.75. The minimum absolute atomic E-state index is 0.0648. The zero-order valence-corrected chi connectivity index (χ0v) is 19.5. The lowest BCUT2D eigenvalue weighted by Gasteiger charge is -2.21. The van der Waals surface area contributed by atoms with Gasteiger partial charge in [0.05, 0.1) is 19.6 Å². The van der Waals surface area contributed by atoms with Gasteiger partial charge in [0.15, 0.2) is 0 Å². The number of carbonyl (C=O) groups is 6. The van der Waals surface area contributed by atoms with Crippen LogP contribution in [0.4, 0.5) is 0 Å². The summed E-state index contributed by atoms with van der Waals surface area (Å²) in [5, 5.41) is 12.2. The Hall–Kier alpha value is -3.22. The molecule has 0 saturated carbocycles. The van der Waals surface area contributed by atoms with Gasteiger partial charge in [0, 0.05) is 6.92 Å². The topological polar surface area (TPSA) is 215 Å². The van der Waals surface area contributed by atoms with Crippen LogP contribution in [-0.4, -0.2) is 73.7 Å². The molecule has 0 aromatic carbocycles. The maximum absolute atomic E-state index is 12.5. The van der Waals surface area contributed by atoms with E-state index >= 15 is 0 Å². The Morgan fingerprint density at radius 1 is 0.758 bits per heavy atom. The van der Waals surface area contributed by atoms with Gasteiger partial charge in [-0.05, 0) is 38.1 Å². The van der Waals surface area contributed by atoms with E-state index in [0.717, 1.165) is 0 Å². The van der Waals surface area contributed by atoms with Crippen LogP contribution in [0.15, 0.2) is 0 Å². The molecule has 0 heterocycles. The molecule has 0 spiro atoms. The van der Waals surface area contributed by atoms with Crippen LogP contribution in [0, 0.1) is 5.92 Å².